The Bertz CT molecular complexity index is 815. The number of fused-ring (bicyclic) bond motifs is 1. The molecule has 114 valence electrons. The Morgan fingerprint density at radius 3 is 2.45 bits per heavy atom. The molecular formula is C16H19N5O. The van der Waals surface area contributed by atoms with Crippen LogP contribution >= 0.6 is 0 Å². The first-order valence-electron chi connectivity index (χ1n) is 7.03. The van der Waals surface area contributed by atoms with E-state index < -0.39 is 5.60 Å². The number of aliphatic hydroxyl groups is 1. The molecule has 0 spiro atoms. The van der Waals surface area contributed by atoms with E-state index in [0.717, 1.165) is 16.5 Å². The van der Waals surface area contributed by atoms with Crippen molar-refractivity contribution >= 4 is 22.5 Å². The molecule has 22 heavy (non-hydrogen) atoms. The predicted octanol–water partition coefficient (Wildman–Crippen LogP) is 2.03. The quantitative estimate of drug-likeness (QED) is 0.642. The molecule has 0 unspecified atom stereocenters. The summed E-state index contributed by atoms with van der Waals surface area (Å²) in [4.78, 5) is 8.41. The second-order valence-electron chi connectivity index (χ2n) is 6.06. The van der Waals surface area contributed by atoms with E-state index in [1.165, 1.54) is 6.33 Å². The maximum atomic E-state index is 10.1. The molecule has 2 aromatic heterocycles. The summed E-state index contributed by atoms with van der Waals surface area (Å²) in [5, 5.41) is 10.9. The third-order valence-electron chi connectivity index (χ3n) is 3.46. The third kappa shape index (κ3) is 2.60. The molecule has 0 bridgehead atoms. The number of anilines is 2. The lowest BCUT2D eigenvalue weighted by Gasteiger charge is -2.18. The summed E-state index contributed by atoms with van der Waals surface area (Å²) in [5.41, 5.74) is 14.3. The van der Waals surface area contributed by atoms with E-state index in [9.17, 15) is 5.11 Å². The maximum absolute atomic E-state index is 10.1. The topological polar surface area (TPSA) is 103 Å². The zero-order valence-corrected chi connectivity index (χ0v) is 12.6. The van der Waals surface area contributed by atoms with Gasteiger partial charge in [-0.25, -0.2) is 9.97 Å². The van der Waals surface area contributed by atoms with Crippen LogP contribution in [0.5, 0.6) is 0 Å². The van der Waals surface area contributed by atoms with Gasteiger partial charge in [-0.2, -0.15) is 0 Å². The maximum Gasteiger partial charge on any atom is 0.146 e. The Morgan fingerprint density at radius 1 is 1.14 bits per heavy atom. The van der Waals surface area contributed by atoms with Gasteiger partial charge in [0, 0.05) is 17.4 Å². The molecule has 0 aliphatic heterocycles. The van der Waals surface area contributed by atoms with Crippen molar-refractivity contribution in [2.24, 2.45) is 0 Å². The van der Waals surface area contributed by atoms with E-state index in [4.69, 9.17) is 11.5 Å². The van der Waals surface area contributed by atoms with Gasteiger partial charge in [-0.1, -0.05) is 12.1 Å². The summed E-state index contributed by atoms with van der Waals surface area (Å²) in [7, 11) is 0. The molecule has 3 rings (SSSR count). The Balaban J connectivity index is 2.24. The summed E-state index contributed by atoms with van der Waals surface area (Å²) in [5.74, 6) is 0.423. The molecule has 0 atom stereocenters. The smallest absolute Gasteiger partial charge is 0.146 e. The van der Waals surface area contributed by atoms with Gasteiger partial charge < -0.3 is 21.1 Å². The molecular weight excluding hydrogens is 278 g/mol. The number of hydrogen-bond donors (Lipinski definition) is 3. The van der Waals surface area contributed by atoms with Crippen molar-refractivity contribution in [3.05, 3.63) is 36.8 Å². The van der Waals surface area contributed by atoms with Crippen LogP contribution in [0.1, 0.15) is 13.8 Å². The minimum atomic E-state index is -0.857. The minimum absolute atomic E-state index is 0.412. The highest BCUT2D eigenvalue weighted by Crippen LogP contribution is 2.33. The Labute approximate surface area is 128 Å². The molecule has 6 heteroatoms. The third-order valence-corrected chi connectivity index (χ3v) is 3.46. The van der Waals surface area contributed by atoms with E-state index in [1.807, 2.05) is 35.0 Å². The van der Waals surface area contributed by atoms with Crippen LogP contribution in [-0.4, -0.2) is 25.2 Å². The molecule has 0 aliphatic carbocycles. The molecule has 0 amide bonds. The second kappa shape index (κ2) is 4.99. The molecule has 2 heterocycles. The number of hydrogen-bond acceptors (Lipinski definition) is 5. The second-order valence-corrected chi connectivity index (χ2v) is 6.06. The fourth-order valence-electron chi connectivity index (χ4n) is 2.57. The van der Waals surface area contributed by atoms with Crippen LogP contribution in [0, 0.1) is 0 Å². The van der Waals surface area contributed by atoms with Crippen LogP contribution < -0.4 is 11.5 Å². The highest BCUT2D eigenvalue weighted by molar-refractivity contribution is 6.00. The summed E-state index contributed by atoms with van der Waals surface area (Å²) >= 11 is 0. The predicted molar refractivity (Wildman–Crippen MR) is 88.1 cm³/mol. The average Bonchev–Trinajstić information content (AvgIpc) is 2.78. The highest BCUT2D eigenvalue weighted by atomic mass is 16.3. The molecule has 6 nitrogen and oxygen atoms in total. The van der Waals surface area contributed by atoms with E-state index in [0.29, 0.717) is 23.7 Å². The minimum Gasteiger partial charge on any atom is -0.399 e. The van der Waals surface area contributed by atoms with Gasteiger partial charge in [0.25, 0.3) is 0 Å². The standard InChI is InChI=1S/C16H19N5O/c1-16(2,22)8-21-7-12(10-3-5-11(17)6-4-10)13-14(18)19-9-20-15(13)21/h3-7,9,22H,8,17H2,1-2H3,(H2,18,19,20). The number of nitrogens with zero attached hydrogens (tertiary/aromatic N) is 3. The lowest BCUT2D eigenvalue weighted by atomic mass is 10.1. The van der Waals surface area contributed by atoms with E-state index in [2.05, 4.69) is 9.97 Å². The van der Waals surface area contributed by atoms with Crippen molar-refractivity contribution < 1.29 is 5.11 Å². The molecule has 0 radical (unpaired) electrons. The fraction of sp³-hybridized carbons (Fsp3) is 0.250. The first-order valence-corrected chi connectivity index (χ1v) is 7.03. The molecule has 0 saturated heterocycles. The molecule has 0 aliphatic rings. The number of benzene rings is 1. The monoisotopic (exact) mass is 297 g/mol. The molecule has 0 saturated carbocycles. The SMILES string of the molecule is CC(C)(O)Cn1cc(-c2ccc(N)cc2)c2c(N)ncnc21. The van der Waals surface area contributed by atoms with E-state index in [1.54, 1.807) is 13.8 Å². The summed E-state index contributed by atoms with van der Waals surface area (Å²) < 4.78 is 1.90. The number of rotatable bonds is 3. The van der Waals surface area contributed by atoms with E-state index in [-0.39, 0.29) is 0 Å². The number of nitrogen functional groups attached to an aromatic ring is 2. The number of aromatic nitrogens is 3. The Morgan fingerprint density at radius 2 is 1.82 bits per heavy atom. The number of nitrogens with two attached hydrogens (primary N) is 2. The lowest BCUT2D eigenvalue weighted by molar-refractivity contribution is 0.0627. The van der Waals surface area contributed by atoms with Crippen molar-refractivity contribution in [2.75, 3.05) is 11.5 Å². The van der Waals surface area contributed by atoms with Crippen molar-refractivity contribution in [1.82, 2.24) is 14.5 Å². The normalized spacial score (nSPS) is 12.0. The highest BCUT2D eigenvalue weighted by Gasteiger charge is 2.19. The molecule has 1 aromatic carbocycles. The van der Waals surface area contributed by atoms with Crippen molar-refractivity contribution in [1.29, 1.82) is 0 Å². The van der Waals surface area contributed by atoms with Gasteiger partial charge >= 0.3 is 0 Å². The van der Waals surface area contributed by atoms with Crippen LogP contribution in [0.15, 0.2) is 36.8 Å². The summed E-state index contributed by atoms with van der Waals surface area (Å²) in [6, 6.07) is 7.55. The molecule has 3 aromatic rings. The molecule has 5 N–H and O–H groups in total. The first-order chi connectivity index (χ1) is 10.3. The Hall–Kier alpha value is -2.60. The van der Waals surface area contributed by atoms with Crippen molar-refractivity contribution in [3.8, 4) is 11.1 Å². The Kier molecular flexibility index (Phi) is 3.26. The van der Waals surface area contributed by atoms with Crippen molar-refractivity contribution in [2.45, 2.75) is 26.0 Å². The van der Waals surface area contributed by atoms with Gasteiger partial charge in [0.05, 0.1) is 17.5 Å². The van der Waals surface area contributed by atoms with Gasteiger partial charge in [0.2, 0.25) is 0 Å². The van der Waals surface area contributed by atoms with Crippen LogP contribution in [0.2, 0.25) is 0 Å². The van der Waals surface area contributed by atoms with Crippen LogP contribution in [0.4, 0.5) is 11.5 Å². The summed E-state index contributed by atoms with van der Waals surface area (Å²) in [6.07, 6.45) is 3.38. The fourth-order valence-corrected chi connectivity index (χ4v) is 2.57. The first kappa shape index (κ1) is 14.3. The van der Waals surface area contributed by atoms with Crippen LogP contribution in [0.3, 0.4) is 0 Å². The van der Waals surface area contributed by atoms with Gasteiger partial charge in [-0.15, -0.1) is 0 Å². The average molecular weight is 297 g/mol. The van der Waals surface area contributed by atoms with Gasteiger partial charge in [0.15, 0.2) is 0 Å². The summed E-state index contributed by atoms with van der Waals surface area (Å²) in [6.45, 7) is 3.92. The van der Waals surface area contributed by atoms with E-state index >= 15 is 0 Å². The van der Waals surface area contributed by atoms with Gasteiger partial charge in [-0.05, 0) is 31.5 Å². The van der Waals surface area contributed by atoms with Gasteiger partial charge in [-0.3, -0.25) is 0 Å². The lowest BCUT2D eigenvalue weighted by Crippen LogP contribution is -2.25. The van der Waals surface area contributed by atoms with Crippen LogP contribution in [-0.2, 0) is 6.54 Å². The zero-order valence-electron chi connectivity index (χ0n) is 12.6. The largest absolute Gasteiger partial charge is 0.399 e. The van der Waals surface area contributed by atoms with Crippen LogP contribution in [0.25, 0.3) is 22.2 Å². The zero-order chi connectivity index (χ0) is 15.9. The van der Waals surface area contributed by atoms with Crippen molar-refractivity contribution in [3.63, 3.8) is 0 Å². The van der Waals surface area contributed by atoms with Gasteiger partial charge in [0.1, 0.15) is 17.8 Å². The molecule has 0 fully saturated rings.